The van der Waals surface area contributed by atoms with Crippen LogP contribution >= 0.6 is 0 Å². The average Bonchev–Trinajstić information content (AvgIpc) is 2.36. The number of aliphatic carboxylic acids is 1. The van der Waals surface area contributed by atoms with Crippen molar-refractivity contribution < 1.29 is 23.1 Å². The molecule has 0 heterocycles. The van der Waals surface area contributed by atoms with Gasteiger partial charge in [-0.2, -0.15) is 5.26 Å². The van der Waals surface area contributed by atoms with Crippen LogP contribution in [-0.4, -0.2) is 31.9 Å². The fourth-order valence-electron chi connectivity index (χ4n) is 1.44. The minimum Gasteiger partial charge on any atom is -0.495 e. The van der Waals surface area contributed by atoms with Crippen molar-refractivity contribution in [1.29, 1.82) is 5.26 Å². The van der Waals surface area contributed by atoms with Crippen molar-refractivity contribution in [3.8, 4) is 11.8 Å². The summed E-state index contributed by atoms with van der Waals surface area (Å²) >= 11 is 0. The van der Waals surface area contributed by atoms with E-state index in [0.717, 1.165) is 6.92 Å². The second-order valence-electron chi connectivity index (χ2n) is 3.93. The Kier molecular flexibility index (Phi) is 4.51. The molecule has 0 saturated heterocycles. The van der Waals surface area contributed by atoms with Crippen molar-refractivity contribution in [1.82, 2.24) is 0 Å². The van der Waals surface area contributed by atoms with Gasteiger partial charge >= 0.3 is 5.97 Å². The van der Waals surface area contributed by atoms with E-state index in [0.29, 0.717) is 11.3 Å². The molecule has 1 atom stereocenters. The lowest BCUT2D eigenvalue weighted by Gasteiger charge is -2.09. The van der Waals surface area contributed by atoms with E-state index >= 15 is 0 Å². The van der Waals surface area contributed by atoms with Crippen LogP contribution in [0.3, 0.4) is 0 Å². The smallest absolute Gasteiger partial charge is 0.321 e. The van der Waals surface area contributed by atoms with Crippen LogP contribution in [-0.2, 0) is 20.4 Å². The molecule has 1 rings (SSSR count). The third-order valence-corrected chi connectivity index (χ3v) is 4.65. The Morgan fingerprint density at radius 1 is 1.53 bits per heavy atom. The lowest BCUT2D eigenvalue weighted by molar-refractivity contribution is -0.136. The third kappa shape index (κ3) is 3.45. The van der Waals surface area contributed by atoms with E-state index in [-0.39, 0.29) is 5.56 Å². The number of hydrogen-bond acceptors (Lipinski definition) is 5. The Hall–Kier alpha value is -2.07. The molecule has 0 amide bonds. The summed E-state index contributed by atoms with van der Waals surface area (Å²) < 4.78 is 28.5. The topological polar surface area (TPSA) is 104 Å². The number of benzene rings is 1. The van der Waals surface area contributed by atoms with Crippen LogP contribution in [0.15, 0.2) is 18.2 Å². The van der Waals surface area contributed by atoms with Gasteiger partial charge < -0.3 is 9.84 Å². The first kappa shape index (κ1) is 15.0. The minimum absolute atomic E-state index is 0.207. The summed E-state index contributed by atoms with van der Waals surface area (Å²) in [5, 5.41) is 16.1. The van der Waals surface area contributed by atoms with Gasteiger partial charge in [0.05, 0.1) is 18.4 Å². The second-order valence-corrected chi connectivity index (χ2v) is 6.26. The number of hydrogen-bond donors (Lipinski definition) is 1. The molecule has 6 nitrogen and oxygen atoms in total. The molecule has 0 aliphatic heterocycles. The molecule has 0 aliphatic carbocycles. The van der Waals surface area contributed by atoms with Gasteiger partial charge in [0.25, 0.3) is 0 Å². The number of carboxylic acids is 1. The average molecular weight is 283 g/mol. The van der Waals surface area contributed by atoms with E-state index in [9.17, 15) is 13.2 Å². The molecule has 0 spiro atoms. The minimum atomic E-state index is -3.81. The maximum atomic E-state index is 11.8. The van der Waals surface area contributed by atoms with Crippen LogP contribution in [0.5, 0.6) is 5.75 Å². The predicted octanol–water partition coefficient (Wildman–Crippen LogP) is 0.955. The van der Waals surface area contributed by atoms with Crippen LogP contribution in [0, 0.1) is 11.3 Å². The van der Waals surface area contributed by atoms with Crippen molar-refractivity contribution in [2.24, 2.45) is 0 Å². The van der Waals surface area contributed by atoms with Gasteiger partial charge in [0.15, 0.2) is 15.1 Å². The Bertz CT molecular complexity index is 630. The molecule has 0 fully saturated rings. The number of carboxylic acid groups (broad SMARTS) is 1. The van der Waals surface area contributed by atoms with E-state index in [1.807, 2.05) is 6.07 Å². The normalized spacial score (nSPS) is 12.5. The van der Waals surface area contributed by atoms with Crippen molar-refractivity contribution in [3.63, 3.8) is 0 Å². The van der Waals surface area contributed by atoms with Gasteiger partial charge in [-0.1, -0.05) is 6.07 Å². The molecule has 0 saturated carbocycles. The summed E-state index contributed by atoms with van der Waals surface area (Å²) in [6.07, 6.45) is 0. The number of methoxy groups -OCH3 is 1. The fraction of sp³-hybridized carbons (Fsp3) is 0.333. The molecule has 19 heavy (non-hydrogen) atoms. The first-order valence-electron chi connectivity index (χ1n) is 5.33. The molecule has 0 aromatic heterocycles. The molecule has 102 valence electrons. The SMILES string of the molecule is COc1ccc(CS(=O)(=O)C(C)C(=O)O)cc1C#N. The summed E-state index contributed by atoms with van der Waals surface area (Å²) in [7, 11) is -2.41. The number of nitrogens with zero attached hydrogens (tertiary/aromatic N) is 1. The molecule has 1 aromatic carbocycles. The zero-order valence-corrected chi connectivity index (χ0v) is 11.3. The highest BCUT2D eigenvalue weighted by Crippen LogP contribution is 2.21. The van der Waals surface area contributed by atoms with Gasteiger partial charge in [0, 0.05) is 0 Å². The van der Waals surface area contributed by atoms with Crippen molar-refractivity contribution in [2.75, 3.05) is 7.11 Å². The van der Waals surface area contributed by atoms with E-state index in [1.54, 1.807) is 0 Å². The van der Waals surface area contributed by atoms with E-state index in [4.69, 9.17) is 15.1 Å². The van der Waals surface area contributed by atoms with E-state index in [2.05, 4.69) is 0 Å². The molecule has 1 N–H and O–H groups in total. The summed E-state index contributed by atoms with van der Waals surface area (Å²) in [4.78, 5) is 10.7. The molecule has 1 unspecified atom stereocenters. The number of carbonyl (C=O) groups is 1. The molecular weight excluding hydrogens is 270 g/mol. The zero-order chi connectivity index (χ0) is 14.6. The summed E-state index contributed by atoms with van der Waals surface area (Å²) in [6, 6.07) is 6.24. The zero-order valence-electron chi connectivity index (χ0n) is 10.5. The van der Waals surface area contributed by atoms with Crippen molar-refractivity contribution in [2.45, 2.75) is 17.9 Å². The monoisotopic (exact) mass is 283 g/mol. The molecule has 0 bridgehead atoms. The number of sulfone groups is 1. The summed E-state index contributed by atoms with van der Waals surface area (Å²) in [6.45, 7) is 1.12. The molecule has 1 aromatic rings. The van der Waals surface area contributed by atoms with Crippen LogP contribution in [0.4, 0.5) is 0 Å². The van der Waals surface area contributed by atoms with Crippen LogP contribution in [0.2, 0.25) is 0 Å². The van der Waals surface area contributed by atoms with Crippen molar-refractivity contribution in [3.05, 3.63) is 29.3 Å². The van der Waals surface area contributed by atoms with Gasteiger partial charge in [-0.05, 0) is 24.6 Å². The second kappa shape index (κ2) is 5.71. The number of ether oxygens (including phenoxy) is 1. The third-order valence-electron chi connectivity index (χ3n) is 2.64. The first-order chi connectivity index (χ1) is 8.81. The van der Waals surface area contributed by atoms with E-state index in [1.165, 1.54) is 25.3 Å². The van der Waals surface area contributed by atoms with Gasteiger partial charge in [-0.15, -0.1) is 0 Å². The molecule has 7 heteroatoms. The Morgan fingerprint density at radius 3 is 2.63 bits per heavy atom. The number of rotatable bonds is 5. The highest BCUT2D eigenvalue weighted by molar-refractivity contribution is 7.91. The van der Waals surface area contributed by atoms with Gasteiger partial charge in [-0.3, -0.25) is 4.79 Å². The van der Waals surface area contributed by atoms with E-state index < -0.39 is 26.8 Å². The maximum Gasteiger partial charge on any atom is 0.321 e. The van der Waals surface area contributed by atoms with Gasteiger partial charge in [0.2, 0.25) is 0 Å². The lowest BCUT2D eigenvalue weighted by atomic mass is 10.1. The van der Waals surface area contributed by atoms with Crippen molar-refractivity contribution >= 4 is 15.8 Å². The molecule has 0 aliphatic rings. The highest BCUT2D eigenvalue weighted by Gasteiger charge is 2.27. The Labute approximate surface area is 111 Å². The fourth-order valence-corrected chi connectivity index (χ4v) is 2.64. The predicted molar refractivity (Wildman–Crippen MR) is 67.4 cm³/mol. The van der Waals surface area contributed by atoms with Gasteiger partial charge in [0.1, 0.15) is 11.8 Å². The standard InChI is InChI=1S/C12H13NO5S/c1-8(12(14)15)19(16,17)7-9-3-4-11(18-2)10(5-9)6-13/h3-5,8H,7H2,1-2H3,(H,14,15). The lowest BCUT2D eigenvalue weighted by Crippen LogP contribution is -2.28. The van der Waals surface area contributed by atoms with Crippen LogP contribution in [0.1, 0.15) is 18.1 Å². The largest absolute Gasteiger partial charge is 0.495 e. The van der Waals surface area contributed by atoms with Crippen LogP contribution in [0.25, 0.3) is 0 Å². The Morgan fingerprint density at radius 2 is 2.16 bits per heavy atom. The summed E-state index contributed by atoms with van der Waals surface area (Å²) in [5.41, 5.74) is 0.559. The highest BCUT2D eigenvalue weighted by atomic mass is 32.2. The molecule has 0 radical (unpaired) electrons. The quantitative estimate of drug-likeness (QED) is 0.862. The maximum absolute atomic E-state index is 11.8. The van der Waals surface area contributed by atoms with Gasteiger partial charge in [-0.25, -0.2) is 8.42 Å². The Balaban J connectivity index is 3.08. The van der Waals surface area contributed by atoms with Crippen LogP contribution < -0.4 is 4.74 Å². The molecular formula is C12H13NO5S. The number of nitriles is 1. The first-order valence-corrected chi connectivity index (χ1v) is 7.04. The summed E-state index contributed by atoms with van der Waals surface area (Å²) in [5.74, 6) is -1.48.